The second-order valence-electron chi connectivity index (χ2n) is 6.46. The lowest BCUT2D eigenvalue weighted by Crippen LogP contribution is -2.12. The van der Waals surface area contributed by atoms with Gasteiger partial charge in [-0.25, -0.2) is 9.78 Å². The van der Waals surface area contributed by atoms with Crippen LogP contribution in [0.15, 0.2) is 54.7 Å². The van der Waals surface area contributed by atoms with E-state index in [2.05, 4.69) is 11.1 Å². The van der Waals surface area contributed by atoms with Crippen molar-refractivity contribution >= 4 is 16.7 Å². The van der Waals surface area contributed by atoms with Gasteiger partial charge in [-0.2, -0.15) is 0 Å². The number of hydrogen-bond acceptors (Lipinski definition) is 3. The molecule has 0 amide bonds. The number of pyridine rings is 1. The number of hydrogen-bond donors (Lipinski definition) is 1. The van der Waals surface area contributed by atoms with Crippen LogP contribution in [0.5, 0.6) is 5.88 Å². The zero-order chi connectivity index (χ0) is 17.2. The highest BCUT2D eigenvalue weighted by Crippen LogP contribution is 2.33. The number of carboxylic acids is 1. The first-order valence-electron chi connectivity index (χ1n) is 8.60. The number of aromatic nitrogens is 1. The van der Waals surface area contributed by atoms with Gasteiger partial charge >= 0.3 is 5.97 Å². The van der Waals surface area contributed by atoms with Crippen LogP contribution in [0.25, 0.3) is 21.9 Å². The van der Waals surface area contributed by atoms with E-state index in [9.17, 15) is 4.79 Å². The van der Waals surface area contributed by atoms with Crippen molar-refractivity contribution in [1.82, 2.24) is 4.98 Å². The molecule has 1 saturated carbocycles. The number of fused-ring (bicyclic) bond motifs is 1. The van der Waals surface area contributed by atoms with E-state index in [-0.39, 0.29) is 6.10 Å². The number of ether oxygens (including phenoxy) is 1. The molecule has 4 rings (SSSR count). The summed E-state index contributed by atoms with van der Waals surface area (Å²) in [6, 6.07) is 15.1. The number of benzene rings is 2. The molecule has 0 bridgehead atoms. The van der Waals surface area contributed by atoms with Gasteiger partial charge in [0, 0.05) is 11.8 Å². The number of carbonyl (C=O) groups is 1. The minimum atomic E-state index is -0.912. The average Bonchev–Trinajstić information content (AvgIpc) is 3.14. The Balaban J connectivity index is 1.71. The van der Waals surface area contributed by atoms with E-state index in [0.717, 1.165) is 34.7 Å². The first-order chi connectivity index (χ1) is 12.2. The molecule has 0 spiro atoms. The monoisotopic (exact) mass is 333 g/mol. The van der Waals surface area contributed by atoms with Crippen molar-refractivity contribution in [3.8, 4) is 17.0 Å². The minimum Gasteiger partial charge on any atom is -0.478 e. The van der Waals surface area contributed by atoms with E-state index in [0.29, 0.717) is 11.4 Å². The zero-order valence-electron chi connectivity index (χ0n) is 13.8. The SMILES string of the molecule is O=C(O)c1ccc2cc(-c3cccnc3OC3CCCC3)ccc2c1. The second-order valence-corrected chi connectivity index (χ2v) is 6.46. The minimum absolute atomic E-state index is 0.257. The van der Waals surface area contributed by atoms with Gasteiger partial charge in [0.05, 0.1) is 5.56 Å². The number of rotatable bonds is 4. The Hall–Kier alpha value is -2.88. The van der Waals surface area contributed by atoms with Gasteiger partial charge in [-0.1, -0.05) is 18.2 Å². The number of aromatic carboxylic acids is 1. The lowest BCUT2D eigenvalue weighted by atomic mass is 10.0. The molecule has 4 heteroatoms. The van der Waals surface area contributed by atoms with Crippen LogP contribution in [-0.2, 0) is 0 Å². The van der Waals surface area contributed by atoms with E-state index in [1.165, 1.54) is 12.8 Å². The highest BCUT2D eigenvalue weighted by Gasteiger charge is 2.19. The van der Waals surface area contributed by atoms with Gasteiger partial charge < -0.3 is 9.84 Å². The van der Waals surface area contributed by atoms with Gasteiger partial charge in [-0.15, -0.1) is 0 Å². The Morgan fingerprint density at radius 1 is 1.04 bits per heavy atom. The normalized spacial score (nSPS) is 14.7. The Kier molecular flexibility index (Phi) is 4.10. The summed E-state index contributed by atoms with van der Waals surface area (Å²) in [4.78, 5) is 15.6. The maximum Gasteiger partial charge on any atom is 0.335 e. The van der Waals surface area contributed by atoms with Gasteiger partial charge in [-0.05, 0) is 72.4 Å². The molecule has 0 saturated heterocycles. The standard InChI is InChI=1S/C21H19NO3/c23-21(24)17-10-8-14-12-16(9-7-15(14)13-17)19-6-3-11-22-20(19)25-18-4-1-2-5-18/h3,6-13,18H,1-2,4-5H2,(H,23,24). The molecule has 3 aromatic rings. The maximum atomic E-state index is 11.1. The predicted molar refractivity (Wildman–Crippen MR) is 97.0 cm³/mol. The summed E-state index contributed by atoms with van der Waals surface area (Å²) >= 11 is 0. The van der Waals surface area contributed by atoms with Gasteiger partial charge in [0.1, 0.15) is 6.10 Å². The van der Waals surface area contributed by atoms with E-state index in [4.69, 9.17) is 9.84 Å². The van der Waals surface area contributed by atoms with Crippen molar-refractivity contribution in [1.29, 1.82) is 0 Å². The average molecular weight is 333 g/mol. The largest absolute Gasteiger partial charge is 0.478 e. The molecule has 0 unspecified atom stereocenters. The van der Waals surface area contributed by atoms with Crippen LogP contribution in [0.3, 0.4) is 0 Å². The molecular weight excluding hydrogens is 314 g/mol. The first kappa shape index (κ1) is 15.6. The summed E-state index contributed by atoms with van der Waals surface area (Å²) in [7, 11) is 0. The van der Waals surface area contributed by atoms with Crippen molar-refractivity contribution in [2.24, 2.45) is 0 Å². The van der Waals surface area contributed by atoms with Crippen molar-refractivity contribution in [2.45, 2.75) is 31.8 Å². The molecule has 0 radical (unpaired) electrons. The maximum absolute atomic E-state index is 11.1. The fraction of sp³-hybridized carbons (Fsp3) is 0.238. The third-order valence-electron chi connectivity index (χ3n) is 4.75. The Morgan fingerprint density at radius 2 is 1.80 bits per heavy atom. The van der Waals surface area contributed by atoms with Crippen LogP contribution in [0.2, 0.25) is 0 Å². The molecule has 0 aliphatic heterocycles. The Morgan fingerprint density at radius 3 is 2.60 bits per heavy atom. The fourth-order valence-corrected chi connectivity index (χ4v) is 3.41. The highest BCUT2D eigenvalue weighted by atomic mass is 16.5. The predicted octanol–water partition coefficient (Wildman–Crippen LogP) is 4.92. The summed E-state index contributed by atoms with van der Waals surface area (Å²) in [5.74, 6) is -0.235. The lowest BCUT2D eigenvalue weighted by Gasteiger charge is -2.15. The van der Waals surface area contributed by atoms with E-state index < -0.39 is 5.97 Å². The summed E-state index contributed by atoms with van der Waals surface area (Å²) in [6.07, 6.45) is 6.63. The number of nitrogens with zero attached hydrogens (tertiary/aromatic N) is 1. The van der Waals surface area contributed by atoms with E-state index in [1.807, 2.05) is 30.3 Å². The van der Waals surface area contributed by atoms with Crippen molar-refractivity contribution in [3.05, 3.63) is 60.3 Å². The van der Waals surface area contributed by atoms with E-state index in [1.54, 1.807) is 18.3 Å². The van der Waals surface area contributed by atoms with Crippen LogP contribution in [-0.4, -0.2) is 22.2 Å². The molecule has 1 heterocycles. The van der Waals surface area contributed by atoms with Gasteiger partial charge in [-0.3, -0.25) is 0 Å². The number of carboxylic acid groups (broad SMARTS) is 1. The lowest BCUT2D eigenvalue weighted by molar-refractivity contribution is 0.0697. The van der Waals surface area contributed by atoms with Crippen LogP contribution < -0.4 is 4.74 Å². The summed E-state index contributed by atoms with van der Waals surface area (Å²) < 4.78 is 6.13. The second kappa shape index (κ2) is 6.55. The van der Waals surface area contributed by atoms with Crippen molar-refractivity contribution in [2.75, 3.05) is 0 Å². The summed E-state index contributed by atoms with van der Waals surface area (Å²) in [5.41, 5.74) is 2.29. The van der Waals surface area contributed by atoms with E-state index >= 15 is 0 Å². The molecule has 25 heavy (non-hydrogen) atoms. The quantitative estimate of drug-likeness (QED) is 0.736. The van der Waals surface area contributed by atoms with Gasteiger partial charge in [0.15, 0.2) is 0 Å². The van der Waals surface area contributed by atoms with Gasteiger partial charge in [0.2, 0.25) is 5.88 Å². The van der Waals surface area contributed by atoms with Gasteiger partial charge in [0.25, 0.3) is 0 Å². The fourth-order valence-electron chi connectivity index (χ4n) is 3.41. The molecule has 1 N–H and O–H groups in total. The molecule has 1 aliphatic rings. The molecule has 1 fully saturated rings. The molecule has 1 aliphatic carbocycles. The smallest absolute Gasteiger partial charge is 0.335 e. The molecular formula is C21H19NO3. The van der Waals surface area contributed by atoms with Crippen molar-refractivity contribution in [3.63, 3.8) is 0 Å². The van der Waals surface area contributed by atoms with Crippen LogP contribution in [0.4, 0.5) is 0 Å². The summed E-state index contributed by atoms with van der Waals surface area (Å²) in [5, 5.41) is 11.0. The summed E-state index contributed by atoms with van der Waals surface area (Å²) in [6.45, 7) is 0. The Labute approximate surface area is 146 Å². The molecule has 4 nitrogen and oxygen atoms in total. The third kappa shape index (κ3) is 3.20. The molecule has 0 atom stereocenters. The highest BCUT2D eigenvalue weighted by molar-refractivity contribution is 5.95. The zero-order valence-corrected chi connectivity index (χ0v) is 13.8. The van der Waals surface area contributed by atoms with Crippen LogP contribution >= 0.6 is 0 Å². The third-order valence-corrected chi connectivity index (χ3v) is 4.75. The molecule has 126 valence electrons. The first-order valence-corrected chi connectivity index (χ1v) is 8.60. The molecule has 2 aromatic carbocycles. The molecule has 1 aromatic heterocycles. The van der Waals surface area contributed by atoms with Crippen LogP contribution in [0.1, 0.15) is 36.0 Å². The Bertz CT molecular complexity index is 929. The van der Waals surface area contributed by atoms with Crippen LogP contribution in [0, 0.1) is 0 Å². The topological polar surface area (TPSA) is 59.4 Å². The van der Waals surface area contributed by atoms with Crippen molar-refractivity contribution < 1.29 is 14.6 Å².